The summed E-state index contributed by atoms with van der Waals surface area (Å²) in [7, 11) is 4.20. The third kappa shape index (κ3) is 3.39. The number of nitrogens with zero attached hydrogens (tertiary/aromatic N) is 5. The van der Waals surface area contributed by atoms with Gasteiger partial charge in [0.25, 0.3) is 0 Å². The molecule has 7 nitrogen and oxygen atoms in total. The number of ether oxygens (including phenoxy) is 1. The normalized spacial score (nSPS) is 20.2. The molecule has 2 aromatic rings. The Bertz CT molecular complexity index is 724. The third-order valence-electron chi connectivity index (χ3n) is 5.36. The van der Waals surface area contributed by atoms with Crippen molar-refractivity contribution in [2.75, 3.05) is 32.1 Å². The molecule has 4 rings (SSSR count). The second kappa shape index (κ2) is 7.09. The summed E-state index contributed by atoms with van der Waals surface area (Å²) in [6, 6.07) is 0.134. The van der Waals surface area contributed by atoms with E-state index in [0.29, 0.717) is 5.92 Å². The van der Waals surface area contributed by atoms with Crippen LogP contribution in [0.1, 0.15) is 36.0 Å². The lowest BCUT2D eigenvalue weighted by molar-refractivity contribution is 0.0594. The predicted octanol–water partition coefficient (Wildman–Crippen LogP) is 1.78. The lowest BCUT2D eigenvalue weighted by Crippen LogP contribution is -2.32. The first-order valence-corrected chi connectivity index (χ1v) is 9.05. The van der Waals surface area contributed by atoms with Crippen molar-refractivity contribution >= 4 is 5.82 Å². The molecule has 0 aromatic carbocycles. The molecule has 4 heterocycles. The van der Waals surface area contributed by atoms with Crippen molar-refractivity contribution in [2.45, 2.75) is 31.8 Å². The monoisotopic (exact) mass is 342 g/mol. The molecular formula is C18H26N6O. The number of aromatic nitrogens is 4. The van der Waals surface area contributed by atoms with E-state index in [4.69, 9.17) is 4.74 Å². The molecule has 2 aliphatic heterocycles. The Kier molecular flexibility index (Phi) is 4.67. The van der Waals surface area contributed by atoms with Crippen molar-refractivity contribution in [3.8, 4) is 0 Å². The summed E-state index contributed by atoms with van der Waals surface area (Å²) in [5, 5.41) is 3.72. The zero-order valence-electron chi connectivity index (χ0n) is 15.0. The molecule has 1 N–H and O–H groups in total. The van der Waals surface area contributed by atoms with E-state index in [1.54, 1.807) is 6.33 Å². The van der Waals surface area contributed by atoms with Crippen LogP contribution < -0.4 is 5.32 Å². The van der Waals surface area contributed by atoms with E-state index < -0.39 is 0 Å². The molecule has 0 saturated carbocycles. The molecule has 25 heavy (non-hydrogen) atoms. The highest BCUT2D eigenvalue weighted by Crippen LogP contribution is 2.33. The number of aryl methyl sites for hydroxylation is 1. The molecule has 0 radical (unpaired) electrons. The summed E-state index contributed by atoms with van der Waals surface area (Å²) in [5.74, 6) is 2.50. The standard InChI is InChI=1S/C18H26N6O/c1-23-7-3-15-14(11-23)17(21-12-20-15)22-16(13-4-9-25-10-5-13)18-19-6-8-24(18)2/h6,8,12-13,16H,3-5,7,9-11H2,1-2H3,(H,20,21,22). The zero-order chi connectivity index (χ0) is 17.2. The average molecular weight is 342 g/mol. The first-order valence-electron chi connectivity index (χ1n) is 9.05. The number of likely N-dealkylation sites (N-methyl/N-ethyl adjacent to an activating group) is 1. The second-order valence-electron chi connectivity index (χ2n) is 7.10. The summed E-state index contributed by atoms with van der Waals surface area (Å²) < 4.78 is 7.67. The Labute approximate surface area is 148 Å². The van der Waals surface area contributed by atoms with Gasteiger partial charge < -0.3 is 19.5 Å². The van der Waals surface area contributed by atoms with E-state index in [-0.39, 0.29) is 6.04 Å². The molecule has 134 valence electrons. The van der Waals surface area contributed by atoms with Crippen LogP contribution in [0.4, 0.5) is 5.82 Å². The molecule has 0 amide bonds. The van der Waals surface area contributed by atoms with Crippen LogP contribution in [0.5, 0.6) is 0 Å². The largest absolute Gasteiger partial charge is 0.381 e. The predicted molar refractivity (Wildman–Crippen MR) is 95.2 cm³/mol. The molecule has 2 aliphatic rings. The van der Waals surface area contributed by atoms with Gasteiger partial charge in [0.05, 0.1) is 11.7 Å². The summed E-state index contributed by atoms with van der Waals surface area (Å²) >= 11 is 0. The molecule has 1 atom stereocenters. The number of nitrogens with one attached hydrogen (secondary N) is 1. The zero-order valence-corrected chi connectivity index (χ0v) is 15.0. The Morgan fingerprint density at radius 2 is 2.04 bits per heavy atom. The van der Waals surface area contributed by atoms with Gasteiger partial charge in [-0.1, -0.05) is 0 Å². The first kappa shape index (κ1) is 16.5. The van der Waals surface area contributed by atoms with Gasteiger partial charge in [0.15, 0.2) is 0 Å². The van der Waals surface area contributed by atoms with Crippen molar-refractivity contribution in [2.24, 2.45) is 13.0 Å². The topological polar surface area (TPSA) is 68.1 Å². The minimum Gasteiger partial charge on any atom is -0.381 e. The van der Waals surface area contributed by atoms with E-state index in [2.05, 4.69) is 43.8 Å². The van der Waals surface area contributed by atoms with Gasteiger partial charge in [0.1, 0.15) is 18.0 Å². The van der Waals surface area contributed by atoms with Gasteiger partial charge in [0.2, 0.25) is 0 Å². The quantitative estimate of drug-likeness (QED) is 0.913. The van der Waals surface area contributed by atoms with Crippen LogP contribution in [0.25, 0.3) is 0 Å². The Morgan fingerprint density at radius 3 is 2.80 bits per heavy atom. The number of rotatable bonds is 4. The molecule has 0 aliphatic carbocycles. The maximum Gasteiger partial charge on any atom is 0.134 e. The fourth-order valence-electron chi connectivity index (χ4n) is 3.87. The van der Waals surface area contributed by atoms with Gasteiger partial charge in [-0.3, -0.25) is 0 Å². The van der Waals surface area contributed by atoms with Gasteiger partial charge in [0, 0.05) is 57.7 Å². The van der Waals surface area contributed by atoms with E-state index in [1.807, 2.05) is 12.4 Å². The summed E-state index contributed by atoms with van der Waals surface area (Å²) in [6.07, 6.45) is 8.62. The highest BCUT2D eigenvalue weighted by molar-refractivity contribution is 5.48. The number of fused-ring (bicyclic) bond motifs is 1. The molecule has 0 bridgehead atoms. The highest BCUT2D eigenvalue weighted by Gasteiger charge is 2.30. The molecule has 1 unspecified atom stereocenters. The lowest BCUT2D eigenvalue weighted by Gasteiger charge is -2.32. The maximum absolute atomic E-state index is 5.57. The SMILES string of the molecule is CN1CCc2ncnc(NC(c3nccn3C)C3CCOCC3)c2C1. The highest BCUT2D eigenvalue weighted by atomic mass is 16.5. The van der Waals surface area contributed by atoms with Crippen molar-refractivity contribution in [1.82, 2.24) is 24.4 Å². The van der Waals surface area contributed by atoms with E-state index in [9.17, 15) is 0 Å². The molecule has 1 fully saturated rings. The third-order valence-corrected chi connectivity index (χ3v) is 5.36. The van der Waals surface area contributed by atoms with Crippen LogP contribution in [0, 0.1) is 5.92 Å². The average Bonchev–Trinajstić information content (AvgIpc) is 3.06. The Morgan fingerprint density at radius 1 is 1.20 bits per heavy atom. The van der Waals surface area contributed by atoms with Crippen LogP contribution in [0.3, 0.4) is 0 Å². The molecule has 2 aromatic heterocycles. The molecular weight excluding hydrogens is 316 g/mol. The fraction of sp³-hybridized carbons (Fsp3) is 0.611. The second-order valence-corrected chi connectivity index (χ2v) is 7.10. The minimum absolute atomic E-state index is 0.134. The van der Waals surface area contributed by atoms with E-state index in [1.165, 1.54) is 11.3 Å². The van der Waals surface area contributed by atoms with E-state index >= 15 is 0 Å². The van der Waals surface area contributed by atoms with Crippen LogP contribution >= 0.6 is 0 Å². The first-order chi connectivity index (χ1) is 12.2. The summed E-state index contributed by atoms with van der Waals surface area (Å²) in [6.45, 7) is 3.57. The molecule has 7 heteroatoms. The van der Waals surface area contributed by atoms with Gasteiger partial charge in [-0.25, -0.2) is 15.0 Å². The summed E-state index contributed by atoms with van der Waals surface area (Å²) in [4.78, 5) is 16.0. The Balaban J connectivity index is 1.66. The van der Waals surface area contributed by atoms with Gasteiger partial charge >= 0.3 is 0 Å². The van der Waals surface area contributed by atoms with Crippen molar-refractivity contribution in [3.63, 3.8) is 0 Å². The fourth-order valence-corrected chi connectivity index (χ4v) is 3.87. The number of anilines is 1. The van der Waals surface area contributed by atoms with Crippen LogP contribution in [-0.2, 0) is 24.8 Å². The number of hydrogen-bond acceptors (Lipinski definition) is 6. The van der Waals surface area contributed by atoms with Crippen LogP contribution in [-0.4, -0.2) is 51.2 Å². The van der Waals surface area contributed by atoms with Gasteiger partial charge in [-0.05, 0) is 25.8 Å². The van der Waals surface area contributed by atoms with Gasteiger partial charge in [-0.15, -0.1) is 0 Å². The Hall–Kier alpha value is -1.99. The minimum atomic E-state index is 0.134. The lowest BCUT2D eigenvalue weighted by atomic mass is 9.90. The summed E-state index contributed by atoms with van der Waals surface area (Å²) in [5.41, 5.74) is 2.39. The number of imidazole rings is 1. The van der Waals surface area contributed by atoms with Crippen molar-refractivity contribution in [1.29, 1.82) is 0 Å². The molecule has 1 saturated heterocycles. The van der Waals surface area contributed by atoms with Crippen molar-refractivity contribution in [3.05, 3.63) is 35.8 Å². The van der Waals surface area contributed by atoms with Gasteiger partial charge in [-0.2, -0.15) is 0 Å². The smallest absolute Gasteiger partial charge is 0.134 e. The maximum atomic E-state index is 5.57. The van der Waals surface area contributed by atoms with E-state index in [0.717, 1.165) is 57.2 Å². The van der Waals surface area contributed by atoms with Crippen molar-refractivity contribution < 1.29 is 4.74 Å². The van der Waals surface area contributed by atoms with Crippen LogP contribution in [0.15, 0.2) is 18.7 Å². The number of hydrogen-bond donors (Lipinski definition) is 1. The van der Waals surface area contributed by atoms with Crippen LogP contribution in [0.2, 0.25) is 0 Å². The molecule has 0 spiro atoms.